The van der Waals surface area contributed by atoms with Crippen LogP contribution in [-0.2, 0) is 19.1 Å². The molecule has 0 saturated heterocycles. The Hall–Kier alpha value is -0.790. The molecule has 1 aliphatic carbocycles. The van der Waals surface area contributed by atoms with Gasteiger partial charge in [0.05, 0.1) is 10.1 Å². The number of benzene rings is 1. The predicted molar refractivity (Wildman–Crippen MR) is 79.0 cm³/mol. The number of sulfonamides is 1. The van der Waals surface area contributed by atoms with Crippen LogP contribution in [0.5, 0.6) is 0 Å². The largest absolute Gasteiger partial charge is 0.283 e. The molecule has 20 heavy (non-hydrogen) atoms. The molecule has 1 aromatic carbocycles. The lowest BCUT2D eigenvalue weighted by atomic mass is 10.2. The molecule has 112 valence electrons. The van der Waals surface area contributed by atoms with Gasteiger partial charge in [0.15, 0.2) is 0 Å². The molecular weight excluding hydrogens is 322 g/mol. The Morgan fingerprint density at radius 2 is 1.75 bits per heavy atom. The molecule has 2 rings (SSSR count). The lowest BCUT2D eigenvalue weighted by Crippen LogP contribution is -2.25. The number of rotatable bonds is 4. The monoisotopic (exact) mass is 337 g/mol. The first-order valence-electron chi connectivity index (χ1n) is 6.27. The number of hydrogen-bond acceptors (Lipinski definition) is 4. The summed E-state index contributed by atoms with van der Waals surface area (Å²) in [5.74, 6) is 0. The lowest BCUT2D eigenvalue weighted by molar-refractivity contribution is 0.585. The standard InChI is InChI=1S/C12H16ClNO4S2/c1-9-8-10(6-7-12(9)19(13,15)16)14-20(17,18)11-4-2-3-5-11/h6-8,11,14H,2-5H2,1H3. The summed E-state index contributed by atoms with van der Waals surface area (Å²) in [6, 6.07) is 4.20. The van der Waals surface area contributed by atoms with E-state index in [9.17, 15) is 16.8 Å². The van der Waals surface area contributed by atoms with Gasteiger partial charge in [0.25, 0.3) is 9.05 Å². The number of anilines is 1. The van der Waals surface area contributed by atoms with Gasteiger partial charge in [-0.1, -0.05) is 12.8 Å². The third-order valence-electron chi connectivity index (χ3n) is 3.44. The maximum absolute atomic E-state index is 12.1. The average molecular weight is 338 g/mol. The third-order valence-corrected chi connectivity index (χ3v) is 6.79. The fourth-order valence-corrected chi connectivity index (χ4v) is 5.20. The molecular formula is C12H16ClNO4S2. The Morgan fingerprint density at radius 1 is 1.15 bits per heavy atom. The molecule has 0 amide bonds. The minimum atomic E-state index is -3.81. The molecule has 0 spiro atoms. The van der Waals surface area contributed by atoms with E-state index in [0.29, 0.717) is 24.1 Å². The highest BCUT2D eigenvalue weighted by molar-refractivity contribution is 8.13. The molecule has 0 bridgehead atoms. The van der Waals surface area contributed by atoms with Gasteiger partial charge in [-0.05, 0) is 43.5 Å². The van der Waals surface area contributed by atoms with Crippen molar-refractivity contribution in [1.29, 1.82) is 0 Å². The molecule has 0 aromatic heterocycles. The normalized spacial score (nSPS) is 17.3. The first kappa shape index (κ1) is 15.6. The quantitative estimate of drug-likeness (QED) is 0.856. The van der Waals surface area contributed by atoms with Crippen molar-refractivity contribution in [2.24, 2.45) is 0 Å². The van der Waals surface area contributed by atoms with Gasteiger partial charge in [-0.25, -0.2) is 16.8 Å². The van der Waals surface area contributed by atoms with Gasteiger partial charge >= 0.3 is 0 Å². The Labute approximate surface area is 123 Å². The van der Waals surface area contributed by atoms with Crippen LogP contribution in [0.1, 0.15) is 31.2 Å². The van der Waals surface area contributed by atoms with Crippen molar-refractivity contribution >= 4 is 35.4 Å². The molecule has 0 radical (unpaired) electrons. The van der Waals surface area contributed by atoms with Crippen LogP contribution in [0.4, 0.5) is 5.69 Å². The molecule has 0 heterocycles. The van der Waals surface area contributed by atoms with Crippen LogP contribution in [0.2, 0.25) is 0 Å². The summed E-state index contributed by atoms with van der Waals surface area (Å²) in [6.45, 7) is 1.57. The smallest absolute Gasteiger partial charge is 0.261 e. The van der Waals surface area contributed by atoms with Gasteiger partial charge in [-0.2, -0.15) is 0 Å². The summed E-state index contributed by atoms with van der Waals surface area (Å²) in [4.78, 5) is -0.0111. The van der Waals surface area contributed by atoms with E-state index >= 15 is 0 Å². The molecule has 0 atom stereocenters. The Kier molecular flexibility index (Phi) is 4.32. The molecule has 1 aromatic rings. The molecule has 5 nitrogen and oxygen atoms in total. The van der Waals surface area contributed by atoms with Crippen molar-refractivity contribution in [3.8, 4) is 0 Å². The van der Waals surface area contributed by atoms with Gasteiger partial charge in [0.1, 0.15) is 0 Å². The Bertz CT molecular complexity index is 707. The van der Waals surface area contributed by atoms with Crippen molar-refractivity contribution in [2.45, 2.75) is 42.8 Å². The van der Waals surface area contributed by atoms with Crippen LogP contribution >= 0.6 is 10.7 Å². The highest BCUT2D eigenvalue weighted by atomic mass is 35.7. The van der Waals surface area contributed by atoms with Crippen LogP contribution < -0.4 is 4.72 Å². The molecule has 1 fully saturated rings. The molecule has 0 unspecified atom stereocenters. The number of hydrogen-bond donors (Lipinski definition) is 1. The van der Waals surface area contributed by atoms with Crippen molar-refractivity contribution in [3.05, 3.63) is 23.8 Å². The van der Waals surface area contributed by atoms with E-state index in [0.717, 1.165) is 12.8 Å². The molecule has 1 saturated carbocycles. The van der Waals surface area contributed by atoms with Crippen LogP contribution in [0.15, 0.2) is 23.1 Å². The van der Waals surface area contributed by atoms with Crippen LogP contribution in [-0.4, -0.2) is 22.1 Å². The summed E-state index contributed by atoms with van der Waals surface area (Å²) in [5.41, 5.74) is 0.769. The minimum absolute atomic E-state index is 0.0111. The first-order chi connectivity index (χ1) is 9.20. The van der Waals surface area contributed by atoms with Crippen LogP contribution in [0.3, 0.4) is 0 Å². The highest BCUT2D eigenvalue weighted by Gasteiger charge is 2.28. The average Bonchev–Trinajstić information content (AvgIpc) is 2.80. The second kappa shape index (κ2) is 5.54. The van der Waals surface area contributed by atoms with Crippen molar-refractivity contribution < 1.29 is 16.8 Å². The third kappa shape index (κ3) is 3.45. The van der Waals surface area contributed by atoms with E-state index in [1.807, 2.05) is 0 Å². The van der Waals surface area contributed by atoms with Gasteiger partial charge in [0, 0.05) is 16.4 Å². The van der Waals surface area contributed by atoms with E-state index in [1.165, 1.54) is 18.2 Å². The highest BCUT2D eigenvalue weighted by Crippen LogP contribution is 2.28. The van der Waals surface area contributed by atoms with E-state index in [4.69, 9.17) is 10.7 Å². The lowest BCUT2D eigenvalue weighted by Gasteiger charge is -2.14. The van der Waals surface area contributed by atoms with Crippen LogP contribution in [0, 0.1) is 6.92 Å². The van der Waals surface area contributed by atoms with Gasteiger partial charge in [0.2, 0.25) is 10.0 Å². The van der Waals surface area contributed by atoms with E-state index < -0.39 is 19.1 Å². The fraction of sp³-hybridized carbons (Fsp3) is 0.500. The SMILES string of the molecule is Cc1cc(NS(=O)(=O)C2CCCC2)ccc1S(=O)(=O)Cl. The van der Waals surface area contributed by atoms with Gasteiger partial charge in [-0.15, -0.1) is 0 Å². The van der Waals surface area contributed by atoms with E-state index in [2.05, 4.69) is 4.72 Å². The zero-order valence-electron chi connectivity index (χ0n) is 11.0. The zero-order valence-corrected chi connectivity index (χ0v) is 13.4. The van der Waals surface area contributed by atoms with Gasteiger partial charge < -0.3 is 0 Å². The second-order valence-corrected chi connectivity index (χ2v) is 9.47. The summed E-state index contributed by atoms with van der Waals surface area (Å²) in [5, 5.41) is -0.362. The fourth-order valence-electron chi connectivity index (χ4n) is 2.43. The number of halogens is 1. The summed E-state index contributed by atoms with van der Waals surface area (Å²) in [6.07, 6.45) is 3.19. The maximum atomic E-state index is 12.1. The van der Waals surface area contributed by atoms with Crippen molar-refractivity contribution in [1.82, 2.24) is 0 Å². The molecule has 1 N–H and O–H groups in total. The summed E-state index contributed by atoms with van der Waals surface area (Å²) < 4.78 is 49.4. The minimum Gasteiger partial charge on any atom is -0.283 e. The topological polar surface area (TPSA) is 80.3 Å². The predicted octanol–water partition coefficient (Wildman–Crippen LogP) is 2.61. The van der Waals surface area contributed by atoms with E-state index in [-0.39, 0.29) is 10.1 Å². The zero-order chi connectivity index (χ0) is 15.0. The second-order valence-electron chi connectivity index (χ2n) is 4.97. The van der Waals surface area contributed by atoms with Gasteiger partial charge in [-0.3, -0.25) is 4.72 Å². The summed E-state index contributed by atoms with van der Waals surface area (Å²) >= 11 is 0. The molecule has 8 heteroatoms. The van der Waals surface area contributed by atoms with Crippen LogP contribution in [0.25, 0.3) is 0 Å². The maximum Gasteiger partial charge on any atom is 0.261 e. The van der Waals surface area contributed by atoms with E-state index in [1.54, 1.807) is 6.92 Å². The number of aryl methyl sites for hydroxylation is 1. The molecule has 1 aliphatic rings. The molecule has 0 aliphatic heterocycles. The van der Waals surface area contributed by atoms with Crippen molar-refractivity contribution in [3.63, 3.8) is 0 Å². The Balaban J connectivity index is 2.25. The number of nitrogens with one attached hydrogen (secondary N) is 1. The van der Waals surface area contributed by atoms with Crippen molar-refractivity contribution in [2.75, 3.05) is 4.72 Å². The Morgan fingerprint density at radius 3 is 2.25 bits per heavy atom. The summed E-state index contributed by atoms with van der Waals surface area (Å²) in [7, 11) is -1.94. The first-order valence-corrected chi connectivity index (χ1v) is 10.1.